The molecule has 0 saturated carbocycles. The molecular weight excluding hydrogens is 300 g/mol. The van der Waals surface area contributed by atoms with Gasteiger partial charge >= 0.3 is 0 Å². The van der Waals surface area contributed by atoms with Gasteiger partial charge in [0.2, 0.25) is 0 Å². The summed E-state index contributed by atoms with van der Waals surface area (Å²) in [6, 6.07) is 9.19. The Bertz CT molecular complexity index is 548. The molecule has 1 atom stereocenters. The number of ether oxygens (including phenoxy) is 2. The molecule has 1 aromatic rings. The van der Waals surface area contributed by atoms with E-state index in [4.69, 9.17) is 27.0 Å². The van der Waals surface area contributed by atoms with Gasteiger partial charge in [-0.1, -0.05) is 0 Å². The van der Waals surface area contributed by atoms with Crippen LogP contribution in [-0.2, 0) is 4.74 Å². The van der Waals surface area contributed by atoms with Crippen molar-refractivity contribution in [2.45, 2.75) is 18.9 Å². The van der Waals surface area contributed by atoms with Crippen LogP contribution in [0, 0.1) is 11.3 Å². The van der Waals surface area contributed by atoms with Crippen molar-refractivity contribution in [1.82, 2.24) is 10.7 Å². The summed E-state index contributed by atoms with van der Waals surface area (Å²) in [6.45, 7) is 1.57. The van der Waals surface area contributed by atoms with Gasteiger partial charge in [0, 0.05) is 13.2 Å². The topological polar surface area (TPSA) is 78.7 Å². The molecule has 2 rings (SSSR count). The quantitative estimate of drug-likeness (QED) is 0.471. The van der Waals surface area contributed by atoms with Gasteiger partial charge in [0.1, 0.15) is 11.8 Å². The highest BCUT2D eigenvalue weighted by Crippen LogP contribution is 2.11. The third-order valence-electron chi connectivity index (χ3n) is 3.08. The highest BCUT2D eigenvalue weighted by Gasteiger charge is 2.14. The van der Waals surface area contributed by atoms with E-state index < -0.39 is 0 Å². The maximum absolute atomic E-state index is 8.43. The lowest BCUT2D eigenvalue weighted by Crippen LogP contribution is -2.37. The molecule has 0 radical (unpaired) electrons. The van der Waals surface area contributed by atoms with E-state index >= 15 is 0 Å². The molecule has 1 aliphatic heterocycles. The van der Waals surface area contributed by atoms with Gasteiger partial charge in [-0.15, -0.1) is 0 Å². The molecule has 1 aromatic carbocycles. The Morgan fingerprint density at radius 2 is 2.32 bits per heavy atom. The van der Waals surface area contributed by atoms with Crippen molar-refractivity contribution in [2.24, 2.45) is 5.10 Å². The predicted molar refractivity (Wildman–Crippen MR) is 87.9 cm³/mol. The molecule has 1 heterocycles. The van der Waals surface area contributed by atoms with E-state index in [0.717, 1.165) is 25.0 Å². The number of benzene rings is 1. The van der Waals surface area contributed by atoms with Gasteiger partial charge in [0.05, 0.1) is 12.3 Å². The first kappa shape index (κ1) is 16.2. The minimum absolute atomic E-state index is 0.0413. The second-order valence-corrected chi connectivity index (χ2v) is 5.14. The largest absolute Gasteiger partial charge is 0.479 e. The summed E-state index contributed by atoms with van der Waals surface area (Å²) < 4.78 is 10.7. The fourth-order valence-corrected chi connectivity index (χ4v) is 2.12. The van der Waals surface area contributed by atoms with Gasteiger partial charge in [0.15, 0.2) is 11.7 Å². The Kier molecular flexibility index (Phi) is 6.61. The van der Waals surface area contributed by atoms with E-state index in [9.17, 15) is 0 Å². The number of rotatable bonds is 6. The normalized spacial score (nSPS) is 17.1. The number of nitriles is 1. The van der Waals surface area contributed by atoms with Gasteiger partial charge in [0.25, 0.3) is 0 Å². The molecule has 0 bridgehead atoms. The average molecular weight is 318 g/mol. The van der Waals surface area contributed by atoms with Crippen molar-refractivity contribution in [1.29, 1.82) is 5.26 Å². The third kappa shape index (κ3) is 5.68. The van der Waals surface area contributed by atoms with Crippen molar-refractivity contribution < 1.29 is 9.47 Å². The zero-order valence-electron chi connectivity index (χ0n) is 12.1. The lowest BCUT2D eigenvalue weighted by molar-refractivity contribution is 0.114. The molecule has 0 aromatic heterocycles. The lowest BCUT2D eigenvalue weighted by Gasteiger charge is -2.11. The molecule has 6 nitrogen and oxygen atoms in total. The zero-order chi connectivity index (χ0) is 15.6. The molecule has 0 spiro atoms. The number of hydrogen-bond donors (Lipinski definition) is 2. The molecule has 0 amide bonds. The summed E-state index contributed by atoms with van der Waals surface area (Å²) in [5.41, 5.74) is 3.67. The number of thiocarbonyl (C=S) groups is 1. The number of nitrogens with zero attached hydrogens (tertiary/aromatic N) is 2. The summed E-state index contributed by atoms with van der Waals surface area (Å²) >= 11 is 5.13. The van der Waals surface area contributed by atoms with Crippen molar-refractivity contribution in [3.8, 4) is 11.8 Å². The second kappa shape index (κ2) is 8.97. The minimum atomic E-state index is 0.0413. The van der Waals surface area contributed by atoms with Crippen LogP contribution >= 0.6 is 12.2 Å². The van der Waals surface area contributed by atoms with Crippen LogP contribution in [0.5, 0.6) is 5.75 Å². The molecule has 0 aliphatic carbocycles. The minimum Gasteiger partial charge on any atom is -0.479 e. The molecule has 0 unspecified atom stereocenters. The monoisotopic (exact) mass is 318 g/mol. The van der Waals surface area contributed by atoms with Crippen molar-refractivity contribution in [3.63, 3.8) is 0 Å². The van der Waals surface area contributed by atoms with E-state index in [2.05, 4.69) is 15.8 Å². The third-order valence-corrected chi connectivity index (χ3v) is 3.31. The average Bonchev–Trinajstić information content (AvgIpc) is 3.06. The Morgan fingerprint density at radius 1 is 1.50 bits per heavy atom. The van der Waals surface area contributed by atoms with Crippen molar-refractivity contribution >= 4 is 23.5 Å². The number of nitrogens with one attached hydrogen (secondary N) is 2. The van der Waals surface area contributed by atoms with E-state index in [0.29, 0.717) is 17.4 Å². The highest BCUT2D eigenvalue weighted by atomic mass is 32.1. The van der Waals surface area contributed by atoms with Gasteiger partial charge in [-0.3, -0.25) is 5.43 Å². The van der Waals surface area contributed by atoms with Crippen LogP contribution in [0.25, 0.3) is 0 Å². The Balaban J connectivity index is 1.69. The van der Waals surface area contributed by atoms with Crippen LogP contribution in [0.1, 0.15) is 18.4 Å². The van der Waals surface area contributed by atoms with Crippen LogP contribution < -0.4 is 15.5 Å². The van der Waals surface area contributed by atoms with E-state index in [1.807, 2.05) is 18.2 Å². The zero-order valence-corrected chi connectivity index (χ0v) is 12.9. The first-order chi connectivity index (χ1) is 10.8. The molecule has 1 saturated heterocycles. The van der Waals surface area contributed by atoms with Crippen LogP contribution in [0.3, 0.4) is 0 Å². The summed E-state index contributed by atoms with van der Waals surface area (Å²) in [5, 5.41) is 16.0. The second-order valence-electron chi connectivity index (χ2n) is 4.73. The standard InChI is InChI=1S/C15H18N4O2S/c16-7-9-21-13-5-3-12(4-6-13)10-18-19-15(22)17-11-14-2-1-8-20-14/h3-6,10,14H,1-2,8-9,11H2,(H2,17,19,22)/b18-10-/t14-/m0/s1. The lowest BCUT2D eigenvalue weighted by atomic mass is 10.2. The Hall–Kier alpha value is -2.17. The maximum Gasteiger partial charge on any atom is 0.187 e. The van der Waals surface area contributed by atoms with E-state index in [-0.39, 0.29) is 12.7 Å². The smallest absolute Gasteiger partial charge is 0.187 e. The van der Waals surface area contributed by atoms with Gasteiger partial charge in [-0.25, -0.2) is 0 Å². The van der Waals surface area contributed by atoms with Crippen molar-refractivity contribution in [3.05, 3.63) is 29.8 Å². The maximum atomic E-state index is 8.43. The summed E-state index contributed by atoms with van der Waals surface area (Å²) in [4.78, 5) is 0. The molecular formula is C15H18N4O2S. The number of hydrogen-bond acceptors (Lipinski definition) is 5. The van der Waals surface area contributed by atoms with Crippen LogP contribution in [0.4, 0.5) is 0 Å². The van der Waals surface area contributed by atoms with Gasteiger partial charge < -0.3 is 14.8 Å². The molecule has 116 valence electrons. The fourth-order valence-electron chi connectivity index (χ4n) is 1.98. The molecule has 22 heavy (non-hydrogen) atoms. The van der Waals surface area contributed by atoms with Crippen LogP contribution in [0.2, 0.25) is 0 Å². The van der Waals surface area contributed by atoms with E-state index in [1.54, 1.807) is 18.3 Å². The number of hydrazone groups is 1. The Labute approximate surface area is 135 Å². The molecule has 7 heteroatoms. The summed E-state index contributed by atoms with van der Waals surface area (Å²) in [7, 11) is 0. The summed E-state index contributed by atoms with van der Waals surface area (Å²) in [5.74, 6) is 0.653. The van der Waals surface area contributed by atoms with Gasteiger partial charge in [-0.2, -0.15) is 10.4 Å². The Morgan fingerprint density at radius 3 is 3.00 bits per heavy atom. The van der Waals surface area contributed by atoms with E-state index in [1.165, 1.54) is 0 Å². The van der Waals surface area contributed by atoms with Gasteiger partial charge in [-0.05, 0) is 54.9 Å². The summed E-state index contributed by atoms with van der Waals surface area (Å²) in [6.07, 6.45) is 4.08. The first-order valence-corrected chi connectivity index (χ1v) is 7.47. The molecule has 2 N–H and O–H groups in total. The predicted octanol–water partition coefficient (Wildman–Crippen LogP) is 1.57. The van der Waals surface area contributed by atoms with Crippen molar-refractivity contribution in [2.75, 3.05) is 19.8 Å². The fraction of sp³-hybridized carbons (Fsp3) is 0.400. The highest BCUT2D eigenvalue weighted by molar-refractivity contribution is 7.80. The van der Waals surface area contributed by atoms with Crippen LogP contribution in [0.15, 0.2) is 29.4 Å². The molecule has 1 aliphatic rings. The first-order valence-electron chi connectivity index (χ1n) is 7.06. The van der Waals surface area contributed by atoms with Crippen LogP contribution in [-0.4, -0.2) is 37.2 Å². The molecule has 1 fully saturated rings. The SMILES string of the molecule is N#CCOc1ccc(/C=N\NC(=S)NC[C@@H]2CCCO2)cc1.